The molecular weight excluding hydrogens is 364 g/mol. The third kappa shape index (κ3) is 4.47. The molecule has 0 heterocycles. The Bertz CT molecular complexity index is 665. The van der Waals surface area contributed by atoms with Gasteiger partial charge in [-0.2, -0.15) is 13.2 Å². The van der Waals surface area contributed by atoms with Gasteiger partial charge in [-0.05, 0) is 0 Å². The maximum Gasteiger partial charge on any atom is 0.474 e. The van der Waals surface area contributed by atoms with Crippen LogP contribution in [0.3, 0.4) is 0 Å². The highest BCUT2D eigenvalue weighted by molar-refractivity contribution is 7.48. The van der Waals surface area contributed by atoms with Crippen LogP contribution in [0.1, 0.15) is 11.1 Å². The van der Waals surface area contributed by atoms with Crippen LogP contribution in [0.15, 0.2) is 12.1 Å². The summed E-state index contributed by atoms with van der Waals surface area (Å²) in [6.45, 7) is -1.04. The van der Waals surface area contributed by atoms with E-state index in [0.717, 1.165) is 14.2 Å². The van der Waals surface area contributed by atoms with Crippen LogP contribution in [-0.4, -0.2) is 24.1 Å². The molecule has 0 aliphatic carbocycles. The summed E-state index contributed by atoms with van der Waals surface area (Å²) in [7, 11) is -2.33. The fourth-order valence-corrected chi connectivity index (χ4v) is 2.25. The standard InChI is InChI=1S/C10H10F3N2O8P/c1-21-24(20,22-2)23-5-7-8(14(16)17)3-6(10(11,12)13)4-9(7)15(18)19/h3-4H,5H2,1-2H3. The van der Waals surface area contributed by atoms with E-state index in [9.17, 15) is 38.0 Å². The molecule has 0 N–H and O–H groups in total. The summed E-state index contributed by atoms with van der Waals surface area (Å²) in [6, 6.07) is 0.243. The summed E-state index contributed by atoms with van der Waals surface area (Å²) in [4.78, 5) is 19.4. The first-order valence-electron chi connectivity index (χ1n) is 5.84. The van der Waals surface area contributed by atoms with Gasteiger partial charge in [0.05, 0.1) is 22.0 Å². The molecule has 1 rings (SSSR count). The van der Waals surface area contributed by atoms with Gasteiger partial charge in [0, 0.05) is 26.4 Å². The molecule has 14 heteroatoms. The second-order valence-electron chi connectivity index (χ2n) is 4.09. The van der Waals surface area contributed by atoms with Crippen molar-refractivity contribution in [3.05, 3.63) is 43.5 Å². The number of rotatable bonds is 7. The molecule has 24 heavy (non-hydrogen) atoms. The highest BCUT2D eigenvalue weighted by atomic mass is 31.2. The lowest BCUT2D eigenvalue weighted by Gasteiger charge is -2.14. The van der Waals surface area contributed by atoms with Gasteiger partial charge in [-0.1, -0.05) is 0 Å². The number of phosphoric acid groups is 1. The van der Waals surface area contributed by atoms with Crippen LogP contribution in [0, 0.1) is 20.2 Å². The Kier molecular flexibility index (Phi) is 6.00. The quantitative estimate of drug-likeness (QED) is 0.403. The molecule has 0 aliphatic heterocycles. The van der Waals surface area contributed by atoms with Crippen molar-refractivity contribution in [2.45, 2.75) is 12.8 Å². The van der Waals surface area contributed by atoms with Crippen LogP contribution in [-0.2, 0) is 30.9 Å². The van der Waals surface area contributed by atoms with Crippen molar-refractivity contribution in [3.8, 4) is 0 Å². The van der Waals surface area contributed by atoms with Crippen molar-refractivity contribution in [2.75, 3.05) is 14.2 Å². The number of alkyl halides is 3. The summed E-state index contributed by atoms with van der Waals surface area (Å²) < 4.78 is 63.3. The first-order valence-corrected chi connectivity index (χ1v) is 7.30. The minimum atomic E-state index is -5.04. The maximum absolute atomic E-state index is 12.7. The molecule has 0 saturated heterocycles. The molecule has 134 valence electrons. The number of benzene rings is 1. The Morgan fingerprint density at radius 1 is 1.08 bits per heavy atom. The van der Waals surface area contributed by atoms with Gasteiger partial charge in [0.25, 0.3) is 11.4 Å². The molecule has 0 saturated carbocycles. The third-order valence-corrected chi connectivity index (χ3v) is 4.08. The number of nitrogens with zero attached hydrogens (tertiary/aromatic N) is 2. The average Bonchev–Trinajstić information content (AvgIpc) is 2.50. The van der Waals surface area contributed by atoms with Gasteiger partial charge in [-0.3, -0.25) is 33.8 Å². The minimum Gasteiger partial charge on any atom is -0.290 e. The number of nitro benzene ring substituents is 2. The smallest absolute Gasteiger partial charge is 0.290 e. The molecule has 0 amide bonds. The summed E-state index contributed by atoms with van der Waals surface area (Å²) >= 11 is 0. The molecule has 1 aromatic rings. The third-order valence-electron chi connectivity index (χ3n) is 2.74. The van der Waals surface area contributed by atoms with Crippen LogP contribution < -0.4 is 0 Å². The Labute approximate surface area is 132 Å². The molecule has 0 bridgehead atoms. The van der Waals surface area contributed by atoms with Crippen LogP contribution in [0.25, 0.3) is 0 Å². The lowest BCUT2D eigenvalue weighted by molar-refractivity contribution is -0.396. The summed E-state index contributed by atoms with van der Waals surface area (Å²) in [5.41, 5.74) is -4.82. The highest BCUT2D eigenvalue weighted by Gasteiger charge is 2.38. The normalized spacial score (nSPS) is 12.2. The number of nitro groups is 2. The molecule has 0 aromatic heterocycles. The van der Waals surface area contributed by atoms with Crippen molar-refractivity contribution >= 4 is 19.2 Å². The molecule has 1 aromatic carbocycles. The van der Waals surface area contributed by atoms with E-state index in [0.29, 0.717) is 0 Å². The molecule has 0 aliphatic rings. The average molecular weight is 374 g/mol. The molecule has 10 nitrogen and oxygen atoms in total. The Morgan fingerprint density at radius 2 is 1.50 bits per heavy atom. The van der Waals surface area contributed by atoms with E-state index in [-0.39, 0.29) is 12.1 Å². The van der Waals surface area contributed by atoms with Gasteiger partial charge in [-0.15, -0.1) is 0 Å². The zero-order valence-electron chi connectivity index (χ0n) is 12.1. The first-order chi connectivity index (χ1) is 10.9. The predicted molar refractivity (Wildman–Crippen MR) is 71.2 cm³/mol. The van der Waals surface area contributed by atoms with Crippen molar-refractivity contribution < 1.29 is 41.2 Å². The van der Waals surface area contributed by atoms with E-state index >= 15 is 0 Å². The second-order valence-corrected chi connectivity index (χ2v) is 5.97. The number of halogens is 3. The molecule has 0 atom stereocenters. The number of hydrogen-bond donors (Lipinski definition) is 0. The van der Waals surface area contributed by atoms with E-state index in [1.54, 1.807) is 0 Å². The fourth-order valence-electron chi connectivity index (χ4n) is 1.60. The fraction of sp³-hybridized carbons (Fsp3) is 0.400. The van der Waals surface area contributed by atoms with Crippen LogP contribution in [0.4, 0.5) is 24.5 Å². The first kappa shape index (κ1) is 20.0. The maximum atomic E-state index is 12.7. The van der Waals surface area contributed by atoms with Gasteiger partial charge in [0.15, 0.2) is 0 Å². The van der Waals surface area contributed by atoms with E-state index in [4.69, 9.17) is 0 Å². The molecule has 0 radical (unpaired) electrons. The zero-order valence-corrected chi connectivity index (χ0v) is 13.0. The number of phosphoric ester groups is 1. The minimum absolute atomic E-state index is 0.121. The summed E-state index contributed by atoms with van der Waals surface area (Å²) in [5, 5.41) is 21.9. The largest absolute Gasteiger partial charge is 0.474 e. The lowest BCUT2D eigenvalue weighted by atomic mass is 10.1. The van der Waals surface area contributed by atoms with Crippen molar-refractivity contribution in [2.24, 2.45) is 0 Å². The Morgan fingerprint density at radius 3 is 1.79 bits per heavy atom. The van der Waals surface area contributed by atoms with Gasteiger partial charge in [-0.25, -0.2) is 4.57 Å². The topological polar surface area (TPSA) is 131 Å². The van der Waals surface area contributed by atoms with E-state index in [1.165, 1.54) is 0 Å². The van der Waals surface area contributed by atoms with E-state index < -0.39 is 53.0 Å². The zero-order chi connectivity index (χ0) is 18.7. The number of hydrogen-bond acceptors (Lipinski definition) is 8. The Balaban J connectivity index is 3.49. The highest BCUT2D eigenvalue weighted by Crippen LogP contribution is 2.49. The predicted octanol–water partition coefficient (Wildman–Crippen LogP) is 3.44. The monoisotopic (exact) mass is 374 g/mol. The molecular formula is C10H10F3N2O8P. The van der Waals surface area contributed by atoms with Crippen molar-refractivity contribution in [1.82, 2.24) is 0 Å². The van der Waals surface area contributed by atoms with Gasteiger partial charge in [0.2, 0.25) is 0 Å². The van der Waals surface area contributed by atoms with Gasteiger partial charge in [0.1, 0.15) is 5.56 Å². The lowest BCUT2D eigenvalue weighted by Crippen LogP contribution is -2.10. The molecule has 0 fully saturated rings. The van der Waals surface area contributed by atoms with E-state index in [2.05, 4.69) is 13.6 Å². The molecule has 0 unspecified atom stereocenters. The molecule has 0 spiro atoms. The summed E-state index contributed by atoms with van der Waals surface area (Å²) in [6.07, 6.45) is -5.04. The van der Waals surface area contributed by atoms with Crippen LogP contribution in [0.5, 0.6) is 0 Å². The van der Waals surface area contributed by atoms with Crippen molar-refractivity contribution in [1.29, 1.82) is 0 Å². The van der Waals surface area contributed by atoms with Gasteiger partial charge >= 0.3 is 14.0 Å². The summed E-state index contributed by atoms with van der Waals surface area (Å²) in [5.74, 6) is 0. The van der Waals surface area contributed by atoms with E-state index in [1.807, 2.05) is 0 Å². The van der Waals surface area contributed by atoms with Crippen LogP contribution >= 0.6 is 7.82 Å². The SMILES string of the molecule is COP(=O)(OC)OCc1c([N+](=O)[O-])cc(C(F)(F)F)cc1[N+](=O)[O-]. The van der Waals surface area contributed by atoms with Crippen LogP contribution in [0.2, 0.25) is 0 Å². The second kappa shape index (κ2) is 7.21. The Hall–Kier alpha value is -2.08. The van der Waals surface area contributed by atoms with Crippen molar-refractivity contribution in [3.63, 3.8) is 0 Å². The van der Waals surface area contributed by atoms with Gasteiger partial charge < -0.3 is 0 Å².